The number of hydrogen-bond acceptors (Lipinski definition) is 0. The molecule has 2 aliphatic rings. The normalized spacial score (nSPS) is 13.1. The molecule has 0 bridgehead atoms. The molecule has 0 N–H and O–H groups in total. The summed E-state index contributed by atoms with van der Waals surface area (Å²) in [6.07, 6.45) is 0. The molecule has 8 aromatic rings. The maximum Gasteiger partial charge on any atom is -0.00136 e. The molecule has 0 saturated heterocycles. The van der Waals surface area contributed by atoms with Gasteiger partial charge in [-0.3, -0.25) is 0 Å². The van der Waals surface area contributed by atoms with Gasteiger partial charge in [0.1, 0.15) is 0 Å². The molecule has 10 rings (SSSR count). The highest BCUT2D eigenvalue weighted by atomic mass is 14.3. The van der Waals surface area contributed by atoms with Crippen molar-refractivity contribution in [3.05, 3.63) is 174 Å². The van der Waals surface area contributed by atoms with Crippen LogP contribution in [0.3, 0.4) is 0 Å². The van der Waals surface area contributed by atoms with Crippen molar-refractivity contribution in [2.45, 2.75) is 65.7 Å². The van der Waals surface area contributed by atoms with Gasteiger partial charge >= 0.3 is 0 Å². The minimum absolute atomic E-state index is 0.0682. The zero-order valence-electron chi connectivity index (χ0n) is 30.1. The smallest absolute Gasteiger partial charge is 0.00136 e. The molecule has 0 nitrogen and oxygen atoms in total. The largest absolute Gasteiger partial charge is 0.0616 e. The number of hydrogen-bond donors (Lipinski definition) is 0. The van der Waals surface area contributed by atoms with E-state index in [1.54, 1.807) is 0 Å². The first-order valence-corrected chi connectivity index (χ1v) is 18.4. The molecule has 0 aliphatic heterocycles. The number of fused-ring (bicyclic) bond motifs is 5. The van der Waals surface area contributed by atoms with Gasteiger partial charge in [0.25, 0.3) is 0 Å². The topological polar surface area (TPSA) is 0 Å². The molecule has 0 heterocycles. The summed E-state index contributed by atoms with van der Waals surface area (Å²) in [7, 11) is 0. The van der Waals surface area contributed by atoms with Crippen LogP contribution in [0.5, 0.6) is 0 Å². The zero-order valence-corrected chi connectivity index (χ0v) is 30.1. The minimum Gasteiger partial charge on any atom is -0.0616 e. The molecule has 0 unspecified atom stereocenters. The highest BCUT2D eigenvalue weighted by Gasteiger charge is 2.24. The Bertz CT molecular complexity index is 3140. The molecule has 0 heteroatoms. The second-order valence-corrected chi connectivity index (χ2v) is 16.4. The molecule has 0 spiro atoms. The molecule has 50 heavy (non-hydrogen) atoms. The summed E-state index contributed by atoms with van der Waals surface area (Å²) >= 11 is 0. The van der Waals surface area contributed by atoms with Gasteiger partial charge in [-0.2, -0.15) is 0 Å². The maximum absolute atomic E-state index is 2.48. The molecule has 242 valence electrons. The van der Waals surface area contributed by atoms with Crippen LogP contribution in [0.15, 0.2) is 115 Å². The third-order valence-electron chi connectivity index (χ3n) is 11.7. The molecule has 2 aliphatic carbocycles. The van der Waals surface area contributed by atoms with Crippen LogP contribution in [0, 0.1) is 41.7 Å². The monoisotopic (exact) mass is 642 g/mol. The average molecular weight is 643 g/mol. The van der Waals surface area contributed by atoms with Crippen LogP contribution in [-0.2, 0) is 5.41 Å². The predicted molar refractivity (Wildman–Crippen MR) is 212 cm³/mol. The third-order valence-corrected chi connectivity index (χ3v) is 11.7. The Hall–Kier alpha value is -5.20. The lowest BCUT2D eigenvalue weighted by molar-refractivity contribution is 0.590. The molecule has 0 aromatic heterocycles. The van der Waals surface area contributed by atoms with Gasteiger partial charge in [-0.05, 0) is 148 Å². The molecule has 0 atom stereocenters. The second-order valence-electron chi connectivity index (χ2n) is 16.4. The van der Waals surface area contributed by atoms with E-state index in [4.69, 9.17) is 0 Å². The van der Waals surface area contributed by atoms with Crippen molar-refractivity contribution in [1.29, 1.82) is 0 Å². The van der Waals surface area contributed by atoms with Crippen molar-refractivity contribution >= 4 is 43.1 Å². The molecule has 0 radical (unpaired) electrons. The van der Waals surface area contributed by atoms with Crippen LogP contribution in [0.1, 0.15) is 77.0 Å². The summed E-state index contributed by atoms with van der Waals surface area (Å²) in [5, 5.41) is 22.2. The Labute approximate surface area is 292 Å². The van der Waals surface area contributed by atoms with E-state index in [1.807, 2.05) is 0 Å². The van der Waals surface area contributed by atoms with E-state index in [0.29, 0.717) is 11.8 Å². The first-order valence-electron chi connectivity index (χ1n) is 18.4. The quantitative estimate of drug-likeness (QED) is 0.168. The number of benzene rings is 8. The van der Waals surface area contributed by atoms with Crippen molar-refractivity contribution in [3.63, 3.8) is 0 Å². The highest BCUT2D eigenvalue weighted by molar-refractivity contribution is 6.03. The lowest BCUT2D eigenvalue weighted by Crippen LogP contribution is -2.10. The first-order chi connectivity index (χ1) is 24.1. The maximum atomic E-state index is 2.48. The van der Waals surface area contributed by atoms with Crippen LogP contribution >= 0.6 is 0 Å². The molecule has 0 fully saturated rings. The van der Waals surface area contributed by atoms with Gasteiger partial charge in [0.15, 0.2) is 0 Å². The Balaban J connectivity index is 1.49. The van der Waals surface area contributed by atoms with E-state index in [1.165, 1.54) is 113 Å². The van der Waals surface area contributed by atoms with Gasteiger partial charge in [-0.1, -0.05) is 146 Å². The van der Waals surface area contributed by atoms with E-state index in [-0.39, 0.29) is 5.41 Å². The van der Waals surface area contributed by atoms with Crippen molar-refractivity contribution in [1.82, 2.24) is 0 Å². The summed E-state index contributed by atoms with van der Waals surface area (Å²) in [6.45, 7) is 16.5. The van der Waals surface area contributed by atoms with E-state index in [2.05, 4.69) is 164 Å². The Morgan fingerprint density at radius 3 is 1.52 bits per heavy atom. The molecule has 0 amide bonds. The van der Waals surface area contributed by atoms with E-state index in [9.17, 15) is 0 Å². The van der Waals surface area contributed by atoms with Crippen LogP contribution < -0.4 is 0 Å². The molecule has 0 saturated carbocycles. The van der Waals surface area contributed by atoms with Crippen LogP contribution in [0.4, 0.5) is 0 Å². The van der Waals surface area contributed by atoms with E-state index in [0.717, 1.165) is 0 Å². The van der Waals surface area contributed by atoms with E-state index < -0.39 is 0 Å². The van der Waals surface area contributed by atoms with Crippen molar-refractivity contribution in [3.8, 4) is 11.1 Å². The Morgan fingerprint density at radius 2 is 0.940 bits per heavy atom. The van der Waals surface area contributed by atoms with Gasteiger partial charge in [0.05, 0.1) is 0 Å². The molecular formula is C50H42. The fourth-order valence-corrected chi connectivity index (χ4v) is 9.61. The summed E-state index contributed by atoms with van der Waals surface area (Å²) in [5.74, 6) is 0.762. The highest BCUT2D eigenvalue weighted by Crippen LogP contribution is 2.42. The molecular weight excluding hydrogens is 601 g/mol. The fraction of sp³-hybridized carbons (Fsp3) is 0.200. The van der Waals surface area contributed by atoms with Gasteiger partial charge < -0.3 is 0 Å². The lowest BCUT2D eigenvalue weighted by Gasteiger charge is -2.20. The Kier molecular flexibility index (Phi) is 6.04. The summed E-state index contributed by atoms with van der Waals surface area (Å²) in [6, 6.07) is 44.4. The first kappa shape index (κ1) is 29.7. The van der Waals surface area contributed by atoms with Crippen LogP contribution in [-0.4, -0.2) is 0 Å². The average Bonchev–Trinajstić information content (AvgIpc) is 3.59. The lowest BCUT2D eigenvalue weighted by atomic mass is 9.84. The van der Waals surface area contributed by atoms with Crippen molar-refractivity contribution in [2.24, 2.45) is 0 Å². The van der Waals surface area contributed by atoms with E-state index >= 15 is 0 Å². The summed E-state index contributed by atoms with van der Waals surface area (Å²) < 4.78 is 0. The molecule has 8 aromatic carbocycles. The fourth-order valence-electron chi connectivity index (χ4n) is 9.61. The van der Waals surface area contributed by atoms with Gasteiger partial charge in [0, 0.05) is 0 Å². The third kappa shape index (κ3) is 3.88. The van der Waals surface area contributed by atoms with Crippen LogP contribution in [0.2, 0.25) is 0 Å². The van der Waals surface area contributed by atoms with Crippen molar-refractivity contribution in [2.75, 3.05) is 0 Å². The van der Waals surface area contributed by atoms with Gasteiger partial charge in [-0.15, -0.1) is 0 Å². The summed E-state index contributed by atoms with van der Waals surface area (Å²) in [4.78, 5) is 0. The SMILES string of the molecule is CC(C)c1c2c(c(C(C)C)c3cc4ccccc4cc13)=c1ccc3c4c(ccc=2c14)=c1cc2ccccc2c(-c2cccc(C(C)(C)C)c2)c1=3. The second kappa shape index (κ2) is 10.2. The number of rotatable bonds is 3. The standard InChI is InChI=1S/C50H42/c1-27(2)42-40-24-29-13-8-9-14-30(29)25-41(40)43(28(3)4)49-38-22-21-36-45-35(19-20-37(46(38)45)48(42)49)39-26-31-15-10-11-18-34(31)44(47(36)39)32-16-12-17-33(23-32)50(5,6)7/h8-28H,1-7H3. The summed E-state index contributed by atoms with van der Waals surface area (Å²) in [5.41, 5.74) is 7.06. The predicted octanol–water partition coefficient (Wildman–Crippen LogP) is 13.3. The van der Waals surface area contributed by atoms with Crippen molar-refractivity contribution < 1.29 is 0 Å². The minimum atomic E-state index is 0.0682. The van der Waals surface area contributed by atoms with Gasteiger partial charge in [-0.25, -0.2) is 0 Å². The Morgan fingerprint density at radius 1 is 0.420 bits per heavy atom. The van der Waals surface area contributed by atoms with Crippen LogP contribution in [0.25, 0.3) is 54.2 Å². The zero-order chi connectivity index (χ0) is 34.2. The van der Waals surface area contributed by atoms with Gasteiger partial charge in [0.2, 0.25) is 0 Å².